The van der Waals surface area contributed by atoms with Gasteiger partial charge in [0.05, 0.1) is 18.9 Å². The van der Waals surface area contributed by atoms with Gasteiger partial charge in [0, 0.05) is 0 Å². The molecule has 0 aliphatic heterocycles. The first-order valence-corrected chi connectivity index (χ1v) is 5.45. The minimum atomic E-state index is -1.59. The molecule has 0 fully saturated rings. The number of aliphatic hydroxyl groups excluding tert-OH is 2. The summed E-state index contributed by atoms with van der Waals surface area (Å²) < 4.78 is 13.1. The zero-order chi connectivity index (χ0) is 14.6. The van der Waals surface area contributed by atoms with Crippen LogP contribution in [0.4, 0.5) is 4.39 Å². The first kappa shape index (κ1) is 15.1. The second-order valence-corrected chi connectivity index (χ2v) is 4.10. The summed E-state index contributed by atoms with van der Waals surface area (Å²) in [5, 5.41) is 28.1. The molecule has 1 aromatic rings. The number of carbonyl (C=O) groups excluding carboxylic acids is 1. The Bertz CT molecular complexity index is 491. The molecule has 104 valence electrons. The zero-order valence-electron chi connectivity index (χ0n) is 9.91. The lowest BCUT2D eigenvalue weighted by molar-refractivity contribution is -0.136. The third-order valence-corrected chi connectivity index (χ3v) is 2.54. The Hall–Kier alpha value is -1.99. The number of amides is 1. The van der Waals surface area contributed by atoms with Crippen molar-refractivity contribution >= 4 is 11.9 Å². The Morgan fingerprint density at radius 1 is 1.32 bits per heavy atom. The number of nitrogens with two attached hydrogens (primary N) is 1. The van der Waals surface area contributed by atoms with Crippen molar-refractivity contribution in [3.8, 4) is 0 Å². The standard InChI is InChI=1S/C12H14FNO5/c13-7-2-1-6(3-11(17)18)8(4-7)12(19)9(15)5-10(14)16/h1-2,4,9,12,15,19H,3,5H2,(H2,14,16)(H,17,18). The molecule has 1 amide bonds. The van der Waals surface area contributed by atoms with Crippen LogP contribution in [0.1, 0.15) is 23.7 Å². The molecule has 0 aromatic heterocycles. The summed E-state index contributed by atoms with van der Waals surface area (Å²) in [6.07, 6.45) is -4.05. The number of carbonyl (C=O) groups is 2. The molecule has 5 N–H and O–H groups in total. The molecule has 0 radical (unpaired) electrons. The molecule has 1 rings (SSSR count). The van der Waals surface area contributed by atoms with Gasteiger partial charge in [-0.05, 0) is 23.3 Å². The topological polar surface area (TPSA) is 121 Å². The lowest BCUT2D eigenvalue weighted by Gasteiger charge is -2.19. The number of hydrogen-bond donors (Lipinski definition) is 4. The number of aliphatic hydroxyl groups is 2. The molecule has 0 saturated carbocycles. The fourth-order valence-corrected chi connectivity index (χ4v) is 1.69. The normalized spacial score (nSPS) is 13.8. The summed E-state index contributed by atoms with van der Waals surface area (Å²) in [4.78, 5) is 21.3. The Kier molecular flexibility index (Phi) is 4.96. The van der Waals surface area contributed by atoms with Crippen LogP contribution >= 0.6 is 0 Å². The van der Waals surface area contributed by atoms with E-state index in [1.807, 2.05) is 0 Å². The van der Waals surface area contributed by atoms with Crippen LogP contribution in [0.2, 0.25) is 0 Å². The quantitative estimate of drug-likeness (QED) is 0.567. The summed E-state index contributed by atoms with van der Waals surface area (Å²) in [7, 11) is 0. The maximum atomic E-state index is 13.1. The molecular weight excluding hydrogens is 257 g/mol. The zero-order valence-corrected chi connectivity index (χ0v) is 9.91. The number of carboxylic acid groups (broad SMARTS) is 1. The number of aliphatic carboxylic acids is 1. The van der Waals surface area contributed by atoms with E-state index in [0.29, 0.717) is 0 Å². The van der Waals surface area contributed by atoms with Gasteiger partial charge in [0.25, 0.3) is 0 Å². The maximum absolute atomic E-state index is 13.1. The van der Waals surface area contributed by atoms with E-state index in [9.17, 15) is 24.2 Å². The van der Waals surface area contributed by atoms with Crippen LogP contribution in [-0.2, 0) is 16.0 Å². The molecule has 0 saturated heterocycles. The number of hydrogen-bond acceptors (Lipinski definition) is 4. The maximum Gasteiger partial charge on any atom is 0.307 e. The van der Waals surface area contributed by atoms with Crippen molar-refractivity contribution in [3.05, 3.63) is 35.1 Å². The van der Waals surface area contributed by atoms with Gasteiger partial charge in [0.15, 0.2) is 0 Å². The van der Waals surface area contributed by atoms with E-state index >= 15 is 0 Å². The van der Waals surface area contributed by atoms with Gasteiger partial charge in [-0.1, -0.05) is 6.07 Å². The van der Waals surface area contributed by atoms with Crippen LogP contribution in [-0.4, -0.2) is 33.3 Å². The Labute approximate surface area is 108 Å². The van der Waals surface area contributed by atoms with Crippen molar-refractivity contribution in [2.45, 2.75) is 25.0 Å². The second-order valence-electron chi connectivity index (χ2n) is 4.10. The van der Waals surface area contributed by atoms with Crippen LogP contribution < -0.4 is 5.73 Å². The largest absolute Gasteiger partial charge is 0.481 e. The lowest BCUT2D eigenvalue weighted by atomic mass is 9.95. The molecular formula is C12H14FNO5. The van der Waals surface area contributed by atoms with Crippen molar-refractivity contribution in [2.75, 3.05) is 0 Å². The summed E-state index contributed by atoms with van der Waals surface area (Å²) in [5.74, 6) is -2.68. The third kappa shape index (κ3) is 4.31. The van der Waals surface area contributed by atoms with Crippen LogP contribution in [0, 0.1) is 5.82 Å². The number of halogens is 1. The Balaban J connectivity index is 3.05. The van der Waals surface area contributed by atoms with Crippen LogP contribution in [0.3, 0.4) is 0 Å². The molecule has 0 aliphatic rings. The third-order valence-electron chi connectivity index (χ3n) is 2.54. The van der Waals surface area contributed by atoms with Gasteiger partial charge in [-0.3, -0.25) is 9.59 Å². The SMILES string of the molecule is NC(=O)CC(O)C(O)c1cc(F)ccc1CC(=O)O. The lowest BCUT2D eigenvalue weighted by Crippen LogP contribution is -2.26. The fourth-order valence-electron chi connectivity index (χ4n) is 1.69. The van der Waals surface area contributed by atoms with Crippen molar-refractivity contribution in [1.82, 2.24) is 0 Å². The van der Waals surface area contributed by atoms with Gasteiger partial charge in [-0.15, -0.1) is 0 Å². The highest BCUT2D eigenvalue weighted by molar-refractivity contribution is 5.74. The van der Waals surface area contributed by atoms with E-state index in [1.54, 1.807) is 0 Å². The summed E-state index contributed by atoms with van der Waals surface area (Å²) in [6, 6.07) is 3.18. The highest BCUT2D eigenvalue weighted by Gasteiger charge is 2.24. The average Bonchev–Trinajstić information content (AvgIpc) is 2.29. The van der Waals surface area contributed by atoms with Crippen LogP contribution in [0.25, 0.3) is 0 Å². The van der Waals surface area contributed by atoms with E-state index in [-0.39, 0.29) is 11.1 Å². The van der Waals surface area contributed by atoms with E-state index in [1.165, 1.54) is 6.07 Å². The Morgan fingerprint density at radius 3 is 2.47 bits per heavy atom. The van der Waals surface area contributed by atoms with Gasteiger partial charge in [-0.2, -0.15) is 0 Å². The summed E-state index contributed by atoms with van der Waals surface area (Å²) in [5.41, 5.74) is 4.96. The van der Waals surface area contributed by atoms with Crippen molar-refractivity contribution in [3.63, 3.8) is 0 Å². The van der Waals surface area contributed by atoms with Crippen molar-refractivity contribution < 1.29 is 29.3 Å². The summed E-state index contributed by atoms with van der Waals surface area (Å²) >= 11 is 0. The van der Waals surface area contributed by atoms with Crippen molar-refractivity contribution in [1.29, 1.82) is 0 Å². The van der Waals surface area contributed by atoms with Crippen LogP contribution in [0.15, 0.2) is 18.2 Å². The average molecular weight is 271 g/mol. The monoisotopic (exact) mass is 271 g/mol. The molecule has 6 nitrogen and oxygen atoms in total. The molecule has 0 aliphatic carbocycles. The predicted molar refractivity (Wildman–Crippen MR) is 62.5 cm³/mol. The molecule has 1 aromatic carbocycles. The van der Waals surface area contributed by atoms with Gasteiger partial charge in [0.2, 0.25) is 5.91 Å². The molecule has 0 heterocycles. The van der Waals surface area contributed by atoms with Crippen molar-refractivity contribution in [2.24, 2.45) is 5.73 Å². The molecule has 2 atom stereocenters. The number of carboxylic acids is 1. The van der Waals surface area contributed by atoms with E-state index in [2.05, 4.69) is 0 Å². The Morgan fingerprint density at radius 2 is 1.95 bits per heavy atom. The molecule has 2 unspecified atom stereocenters. The van der Waals surface area contributed by atoms with Gasteiger partial charge >= 0.3 is 5.97 Å². The van der Waals surface area contributed by atoms with Gasteiger partial charge < -0.3 is 21.1 Å². The fraction of sp³-hybridized carbons (Fsp3) is 0.333. The molecule has 0 spiro atoms. The van der Waals surface area contributed by atoms with Gasteiger partial charge in [-0.25, -0.2) is 4.39 Å². The summed E-state index contributed by atoms with van der Waals surface area (Å²) in [6.45, 7) is 0. The number of rotatable bonds is 6. The molecule has 0 bridgehead atoms. The minimum Gasteiger partial charge on any atom is -0.481 e. The highest BCUT2D eigenvalue weighted by atomic mass is 19.1. The number of benzene rings is 1. The van der Waals surface area contributed by atoms with E-state index in [0.717, 1.165) is 12.1 Å². The smallest absolute Gasteiger partial charge is 0.307 e. The molecule has 19 heavy (non-hydrogen) atoms. The second kappa shape index (κ2) is 6.26. The van der Waals surface area contributed by atoms with E-state index < -0.39 is 42.7 Å². The highest BCUT2D eigenvalue weighted by Crippen LogP contribution is 2.24. The van der Waals surface area contributed by atoms with Crippen LogP contribution in [0.5, 0.6) is 0 Å². The predicted octanol–water partition coefficient (Wildman–Crippen LogP) is -0.278. The van der Waals surface area contributed by atoms with E-state index in [4.69, 9.17) is 10.8 Å². The number of primary amides is 1. The molecule has 7 heteroatoms. The minimum absolute atomic E-state index is 0.0730. The first-order chi connectivity index (χ1) is 8.81. The first-order valence-electron chi connectivity index (χ1n) is 5.45. The van der Waals surface area contributed by atoms with Gasteiger partial charge in [0.1, 0.15) is 11.9 Å².